The Bertz CT molecular complexity index is 1250. The fourth-order valence-electron chi connectivity index (χ4n) is 3.29. The van der Waals surface area contributed by atoms with Crippen molar-refractivity contribution >= 4 is 33.4 Å². The number of halogens is 1. The number of hydrogen-bond acceptors (Lipinski definition) is 3. The van der Waals surface area contributed by atoms with Crippen LogP contribution in [0.1, 0.15) is 0 Å². The molecule has 4 rings (SSSR count). The molecule has 5 nitrogen and oxygen atoms in total. The van der Waals surface area contributed by atoms with Crippen LogP contribution < -0.4 is 15.5 Å². The van der Waals surface area contributed by atoms with Gasteiger partial charge in [-0.1, -0.05) is 12.1 Å². The Morgan fingerprint density at radius 2 is 1.71 bits per heavy atom. The highest BCUT2D eigenvalue weighted by Gasteiger charge is 2.14. The first-order valence-corrected chi connectivity index (χ1v) is 8.71. The van der Waals surface area contributed by atoms with Crippen molar-refractivity contribution in [1.82, 2.24) is 4.57 Å². The molecule has 6 heteroatoms. The van der Waals surface area contributed by atoms with Gasteiger partial charge in [-0.2, -0.15) is 0 Å². The molecule has 0 unspecified atom stereocenters. The molecule has 0 aliphatic rings. The van der Waals surface area contributed by atoms with Gasteiger partial charge in [-0.25, -0.2) is 4.39 Å². The standard InChI is InChI=1S/C22H17FN2O3/c1-28-16-9-7-15(8-10-16)24-21(26)13-25-19-5-3-2-4-17(19)22(27)18-12-14(23)6-11-20(18)25/h2-12H,13H2,1H3,(H,24,26). The highest BCUT2D eigenvalue weighted by Crippen LogP contribution is 2.21. The van der Waals surface area contributed by atoms with Crippen LogP contribution in [0.4, 0.5) is 10.1 Å². The molecule has 140 valence electrons. The summed E-state index contributed by atoms with van der Waals surface area (Å²) in [5.41, 5.74) is 1.51. The quantitative estimate of drug-likeness (QED) is 0.549. The smallest absolute Gasteiger partial charge is 0.244 e. The van der Waals surface area contributed by atoms with Gasteiger partial charge in [-0.05, 0) is 54.6 Å². The molecule has 1 N–H and O–H groups in total. The minimum absolute atomic E-state index is 0.0189. The van der Waals surface area contributed by atoms with Crippen molar-refractivity contribution < 1.29 is 13.9 Å². The fourth-order valence-corrected chi connectivity index (χ4v) is 3.29. The third kappa shape index (κ3) is 3.20. The number of fused-ring (bicyclic) bond motifs is 2. The molecule has 0 aliphatic heterocycles. The lowest BCUT2D eigenvalue weighted by Crippen LogP contribution is -2.21. The van der Waals surface area contributed by atoms with Gasteiger partial charge in [-0.15, -0.1) is 0 Å². The van der Waals surface area contributed by atoms with Crippen LogP contribution in [0.25, 0.3) is 21.8 Å². The normalized spacial score (nSPS) is 10.9. The number of rotatable bonds is 4. The first kappa shape index (κ1) is 17.7. The van der Waals surface area contributed by atoms with Gasteiger partial charge < -0.3 is 14.6 Å². The lowest BCUT2D eigenvalue weighted by Gasteiger charge is -2.15. The summed E-state index contributed by atoms with van der Waals surface area (Å²) in [7, 11) is 1.57. The van der Waals surface area contributed by atoms with E-state index in [1.165, 1.54) is 18.2 Å². The van der Waals surface area contributed by atoms with Crippen LogP contribution in [0.15, 0.2) is 71.5 Å². The van der Waals surface area contributed by atoms with Crippen LogP contribution in [0.3, 0.4) is 0 Å². The van der Waals surface area contributed by atoms with E-state index >= 15 is 0 Å². The van der Waals surface area contributed by atoms with E-state index in [4.69, 9.17) is 4.74 Å². The van der Waals surface area contributed by atoms with E-state index in [1.807, 2.05) is 0 Å². The van der Waals surface area contributed by atoms with Crippen LogP contribution in [-0.2, 0) is 11.3 Å². The van der Waals surface area contributed by atoms with Crippen molar-refractivity contribution in [2.75, 3.05) is 12.4 Å². The van der Waals surface area contributed by atoms with Crippen molar-refractivity contribution in [3.05, 3.63) is 82.8 Å². The van der Waals surface area contributed by atoms with Crippen molar-refractivity contribution in [3.8, 4) is 5.75 Å². The first-order chi connectivity index (χ1) is 13.6. The second-order valence-electron chi connectivity index (χ2n) is 6.37. The summed E-state index contributed by atoms with van der Waals surface area (Å²) in [4.78, 5) is 25.4. The van der Waals surface area contributed by atoms with Crippen LogP contribution in [0, 0.1) is 5.82 Å². The molecule has 1 heterocycles. The Labute approximate surface area is 160 Å². The zero-order valence-corrected chi connectivity index (χ0v) is 15.1. The maximum atomic E-state index is 13.7. The minimum atomic E-state index is -0.492. The number of anilines is 1. The molecule has 0 saturated carbocycles. The molecule has 4 aromatic rings. The van der Waals surface area contributed by atoms with Crippen molar-refractivity contribution in [2.45, 2.75) is 6.54 Å². The van der Waals surface area contributed by atoms with E-state index in [1.54, 1.807) is 60.2 Å². The first-order valence-electron chi connectivity index (χ1n) is 8.71. The molecule has 0 spiro atoms. The number of pyridine rings is 1. The van der Waals surface area contributed by atoms with E-state index in [2.05, 4.69) is 5.32 Å². The summed E-state index contributed by atoms with van der Waals surface area (Å²) < 4.78 is 20.6. The molecule has 0 aliphatic carbocycles. The Balaban J connectivity index is 1.77. The van der Waals surface area contributed by atoms with Gasteiger partial charge >= 0.3 is 0 Å². The number of hydrogen-bond donors (Lipinski definition) is 1. The van der Waals surface area contributed by atoms with E-state index < -0.39 is 5.82 Å². The SMILES string of the molecule is COc1ccc(NC(=O)Cn2c3ccccc3c(=O)c3cc(F)ccc32)cc1. The van der Waals surface area contributed by atoms with Crippen LogP contribution in [0.5, 0.6) is 5.75 Å². The average Bonchev–Trinajstić information content (AvgIpc) is 2.72. The number of para-hydroxylation sites is 1. The minimum Gasteiger partial charge on any atom is -0.497 e. The number of methoxy groups -OCH3 is 1. The molecule has 0 fully saturated rings. The van der Waals surface area contributed by atoms with Gasteiger partial charge in [0.15, 0.2) is 5.43 Å². The number of ether oxygens (including phenoxy) is 1. The molecular weight excluding hydrogens is 359 g/mol. The lowest BCUT2D eigenvalue weighted by molar-refractivity contribution is -0.116. The molecular formula is C22H17FN2O3. The summed E-state index contributed by atoms with van der Waals surface area (Å²) >= 11 is 0. The number of nitrogens with zero attached hydrogens (tertiary/aromatic N) is 1. The third-order valence-electron chi connectivity index (χ3n) is 4.61. The van der Waals surface area contributed by atoms with Crippen molar-refractivity contribution in [1.29, 1.82) is 0 Å². The third-order valence-corrected chi connectivity index (χ3v) is 4.61. The number of amides is 1. The van der Waals surface area contributed by atoms with Crippen LogP contribution in [0.2, 0.25) is 0 Å². The van der Waals surface area contributed by atoms with Crippen LogP contribution in [-0.4, -0.2) is 17.6 Å². The largest absolute Gasteiger partial charge is 0.497 e. The van der Waals surface area contributed by atoms with Gasteiger partial charge in [-0.3, -0.25) is 9.59 Å². The summed E-state index contributed by atoms with van der Waals surface area (Å²) in [5, 5.41) is 3.52. The average molecular weight is 376 g/mol. The molecule has 0 atom stereocenters. The molecule has 3 aromatic carbocycles. The number of carbonyl (C=O) groups excluding carboxylic acids is 1. The van der Waals surface area contributed by atoms with Gasteiger partial charge in [0.25, 0.3) is 0 Å². The van der Waals surface area contributed by atoms with Gasteiger partial charge in [0.2, 0.25) is 5.91 Å². The topological polar surface area (TPSA) is 60.3 Å². The molecule has 0 saturated heterocycles. The lowest BCUT2D eigenvalue weighted by atomic mass is 10.1. The van der Waals surface area contributed by atoms with Gasteiger partial charge in [0, 0.05) is 16.5 Å². The number of benzene rings is 3. The Hall–Kier alpha value is -3.67. The van der Waals surface area contributed by atoms with Crippen molar-refractivity contribution in [2.24, 2.45) is 0 Å². The van der Waals surface area contributed by atoms with Gasteiger partial charge in [0.1, 0.15) is 18.1 Å². The second-order valence-corrected chi connectivity index (χ2v) is 6.37. The molecule has 0 bridgehead atoms. The highest BCUT2D eigenvalue weighted by molar-refractivity contribution is 5.97. The maximum absolute atomic E-state index is 13.7. The summed E-state index contributed by atoms with van der Waals surface area (Å²) in [6.45, 7) is -0.0189. The predicted molar refractivity (Wildman–Crippen MR) is 107 cm³/mol. The molecule has 28 heavy (non-hydrogen) atoms. The maximum Gasteiger partial charge on any atom is 0.244 e. The predicted octanol–water partition coefficient (Wildman–Crippen LogP) is 3.94. The summed E-state index contributed by atoms with van der Waals surface area (Å²) in [5.74, 6) is -0.0591. The van der Waals surface area contributed by atoms with E-state index in [9.17, 15) is 14.0 Å². The van der Waals surface area contributed by atoms with E-state index in [-0.39, 0.29) is 23.3 Å². The Morgan fingerprint density at radius 3 is 2.46 bits per heavy atom. The summed E-state index contributed by atoms with van der Waals surface area (Å²) in [6.07, 6.45) is 0. The molecule has 0 radical (unpaired) electrons. The second kappa shape index (κ2) is 7.15. The van der Waals surface area contributed by atoms with Crippen molar-refractivity contribution in [3.63, 3.8) is 0 Å². The monoisotopic (exact) mass is 376 g/mol. The number of aromatic nitrogens is 1. The van der Waals surface area contributed by atoms with E-state index in [0.717, 1.165) is 0 Å². The number of nitrogens with one attached hydrogen (secondary N) is 1. The van der Waals surface area contributed by atoms with E-state index in [0.29, 0.717) is 27.9 Å². The fraction of sp³-hybridized carbons (Fsp3) is 0.0909. The zero-order valence-electron chi connectivity index (χ0n) is 15.1. The van der Waals surface area contributed by atoms with Crippen LogP contribution >= 0.6 is 0 Å². The molecule has 1 amide bonds. The van der Waals surface area contributed by atoms with Gasteiger partial charge in [0.05, 0.1) is 18.1 Å². The Morgan fingerprint density at radius 1 is 1.00 bits per heavy atom. The highest BCUT2D eigenvalue weighted by atomic mass is 19.1. The zero-order chi connectivity index (χ0) is 19.7. The molecule has 1 aromatic heterocycles. The summed E-state index contributed by atoms with van der Waals surface area (Å²) in [6, 6.07) is 18.0. The Kier molecular flexibility index (Phi) is 4.53. The number of carbonyl (C=O) groups is 1.